The zero-order valence-electron chi connectivity index (χ0n) is 31.4. The van der Waals surface area contributed by atoms with Crippen LogP contribution in [0.4, 0.5) is 34.1 Å². The first-order chi connectivity index (χ1) is 28.1. The van der Waals surface area contributed by atoms with E-state index in [1.165, 1.54) is 0 Å². The lowest BCUT2D eigenvalue weighted by atomic mass is 10.1. The highest BCUT2D eigenvalue weighted by molar-refractivity contribution is 6.12. The SMILES string of the molecule is Cc1cn(-c2ccccc2)c(=O)c2cc(-n3c4ccc(N(c5ccccc5)c5ccccc5)cc4c4cc(N(c5ccccc5)c5ccccc5)ccc43)ccc12. The van der Waals surface area contributed by atoms with Crippen molar-refractivity contribution in [2.75, 3.05) is 9.80 Å². The second-order valence-electron chi connectivity index (χ2n) is 14.3. The van der Waals surface area contributed by atoms with Crippen LogP contribution in [0.25, 0.3) is 44.0 Å². The number of pyridine rings is 1. The van der Waals surface area contributed by atoms with Crippen molar-refractivity contribution in [1.29, 1.82) is 0 Å². The first-order valence-corrected chi connectivity index (χ1v) is 19.2. The molecule has 0 aliphatic heterocycles. The van der Waals surface area contributed by atoms with E-state index >= 15 is 0 Å². The van der Waals surface area contributed by atoms with Crippen LogP contribution in [0.2, 0.25) is 0 Å². The lowest BCUT2D eigenvalue weighted by Gasteiger charge is -2.26. The van der Waals surface area contributed by atoms with Crippen molar-refractivity contribution in [2.24, 2.45) is 0 Å². The van der Waals surface area contributed by atoms with Gasteiger partial charge in [0.15, 0.2) is 0 Å². The maximum atomic E-state index is 14.3. The van der Waals surface area contributed by atoms with Crippen molar-refractivity contribution < 1.29 is 0 Å². The summed E-state index contributed by atoms with van der Waals surface area (Å²) < 4.78 is 4.06. The van der Waals surface area contributed by atoms with Crippen LogP contribution in [-0.4, -0.2) is 9.13 Å². The zero-order chi connectivity index (χ0) is 38.3. The monoisotopic (exact) mass is 734 g/mol. The van der Waals surface area contributed by atoms with E-state index < -0.39 is 0 Å². The summed E-state index contributed by atoms with van der Waals surface area (Å²) in [6.45, 7) is 2.07. The van der Waals surface area contributed by atoms with Crippen LogP contribution >= 0.6 is 0 Å². The molecule has 0 spiro atoms. The maximum Gasteiger partial charge on any atom is 0.263 e. The molecule has 8 aromatic carbocycles. The second kappa shape index (κ2) is 14.2. The number of aromatic nitrogens is 2. The van der Waals surface area contributed by atoms with Gasteiger partial charge in [-0.15, -0.1) is 0 Å². The van der Waals surface area contributed by atoms with Gasteiger partial charge < -0.3 is 14.4 Å². The topological polar surface area (TPSA) is 33.4 Å². The van der Waals surface area contributed by atoms with Crippen molar-refractivity contribution in [1.82, 2.24) is 9.13 Å². The molecule has 0 saturated heterocycles. The molecule has 0 bridgehead atoms. The largest absolute Gasteiger partial charge is 0.310 e. The minimum absolute atomic E-state index is 0.0447. The van der Waals surface area contributed by atoms with Gasteiger partial charge in [-0.1, -0.05) is 97.1 Å². The highest BCUT2D eigenvalue weighted by Crippen LogP contribution is 2.43. The molecule has 0 radical (unpaired) electrons. The Hall–Kier alpha value is -7.63. The molecule has 5 heteroatoms. The van der Waals surface area contributed by atoms with Gasteiger partial charge in [0, 0.05) is 67.9 Å². The van der Waals surface area contributed by atoms with Gasteiger partial charge in [-0.05, 0) is 127 Å². The molecular formula is C52H38N4O. The van der Waals surface area contributed by atoms with Crippen molar-refractivity contribution in [3.8, 4) is 11.4 Å². The summed E-state index contributed by atoms with van der Waals surface area (Å²) in [5.74, 6) is 0. The molecule has 0 unspecified atom stereocenters. The van der Waals surface area contributed by atoms with Gasteiger partial charge in [-0.3, -0.25) is 9.36 Å². The first-order valence-electron chi connectivity index (χ1n) is 19.2. The van der Waals surface area contributed by atoms with Crippen LogP contribution < -0.4 is 15.4 Å². The van der Waals surface area contributed by atoms with Gasteiger partial charge in [-0.2, -0.15) is 0 Å². The molecule has 272 valence electrons. The van der Waals surface area contributed by atoms with Crippen LogP contribution in [0.3, 0.4) is 0 Å². The normalized spacial score (nSPS) is 11.3. The van der Waals surface area contributed by atoms with Crippen LogP contribution in [0.1, 0.15) is 5.56 Å². The molecule has 0 saturated carbocycles. The molecule has 0 fully saturated rings. The summed E-state index contributed by atoms with van der Waals surface area (Å²) in [4.78, 5) is 18.9. The van der Waals surface area contributed by atoms with Crippen LogP contribution in [0.5, 0.6) is 0 Å². The van der Waals surface area contributed by atoms with Crippen molar-refractivity contribution in [2.45, 2.75) is 6.92 Å². The maximum absolute atomic E-state index is 14.3. The summed E-state index contributed by atoms with van der Waals surface area (Å²) in [7, 11) is 0. The van der Waals surface area contributed by atoms with Crippen LogP contribution in [0.15, 0.2) is 217 Å². The third-order valence-corrected chi connectivity index (χ3v) is 10.8. The molecule has 0 amide bonds. The standard InChI is InChI=1S/C52H38N4O/c1-37-36-53(38-17-7-2-8-18-38)52(57)49-35-45(27-30-46(37)49)56-50-31-28-43(54(39-19-9-3-10-20-39)40-21-11-4-12-22-40)33-47(50)48-34-44(29-32-51(48)56)55(41-23-13-5-14-24-41)42-25-15-6-16-26-42/h2-36H,1H3. The van der Waals surface area contributed by atoms with Crippen LogP contribution in [0, 0.1) is 6.92 Å². The number of rotatable bonds is 8. The quantitative estimate of drug-likeness (QED) is 0.156. The van der Waals surface area contributed by atoms with Gasteiger partial charge in [0.25, 0.3) is 5.56 Å². The number of hydrogen-bond acceptors (Lipinski definition) is 3. The second-order valence-corrected chi connectivity index (χ2v) is 14.3. The van der Waals surface area contributed by atoms with Gasteiger partial charge in [0.2, 0.25) is 0 Å². The van der Waals surface area contributed by atoms with Crippen molar-refractivity contribution in [3.05, 3.63) is 228 Å². The van der Waals surface area contributed by atoms with E-state index in [2.05, 4.69) is 197 Å². The van der Waals surface area contributed by atoms with E-state index in [1.807, 2.05) is 36.5 Å². The highest BCUT2D eigenvalue weighted by atomic mass is 16.1. The molecule has 10 aromatic rings. The molecule has 2 heterocycles. The Bertz CT molecular complexity index is 2870. The Morgan fingerprint density at radius 3 is 1.23 bits per heavy atom. The van der Waals surface area contributed by atoms with Gasteiger partial charge in [0.1, 0.15) is 0 Å². The molecule has 57 heavy (non-hydrogen) atoms. The van der Waals surface area contributed by atoms with E-state index in [0.717, 1.165) is 78.3 Å². The molecule has 0 atom stereocenters. The smallest absolute Gasteiger partial charge is 0.263 e. The van der Waals surface area contributed by atoms with Gasteiger partial charge in [0.05, 0.1) is 11.0 Å². The molecule has 0 aliphatic carbocycles. The van der Waals surface area contributed by atoms with E-state index in [4.69, 9.17) is 0 Å². The Morgan fingerprint density at radius 2 is 0.789 bits per heavy atom. The third-order valence-electron chi connectivity index (χ3n) is 10.8. The predicted octanol–water partition coefficient (Wildman–Crippen LogP) is 13.3. The van der Waals surface area contributed by atoms with E-state index in [1.54, 1.807) is 4.57 Å². The number of benzene rings is 8. The van der Waals surface area contributed by atoms with E-state index in [-0.39, 0.29) is 5.56 Å². The Kier molecular flexibility index (Phi) is 8.46. The number of anilines is 6. The van der Waals surface area contributed by atoms with E-state index in [0.29, 0.717) is 5.39 Å². The zero-order valence-corrected chi connectivity index (χ0v) is 31.4. The highest BCUT2D eigenvalue weighted by Gasteiger charge is 2.20. The molecular weight excluding hydrogens is 697 g/mol. The lowest BCUT2D eigenvalue weighted by Crippen LogP contribution is -2.18. The summed E-state index contributed by atoms with van der Waals surface area (Å²) in [5, 5.41) is 3.84. The molecule has 0 aliphatic rings. The molecule has 5 nitrogen and oxygen atoms in total. The summed E-state index contributed by atoms with van der Waals surface area (Å²) in [5.41, 5.74) is 11.3. The molecule has 2 aromatic heterocycles. The van der Waals surface area contributed by atoms with Gasteiger partial charge >= 0.3 is 0 Å². The number of aryl methyl sites for hydroxylation is 1. The Morgan fingerprint density at radius 1 is 0.368 bits per heavy atom. The number of para-hydroxylation sites is 5. The van der Waals surface area contributed by atoms with Crippen molar-refractivity contribution >= 4 is 66.7 Å². The summed E-state index contributed by atoms with van der Waals surface area (Å²) in [6.07, 6.45) is 1.94. The minimum Gasteiger partial charge on any atom is -0.310 e. The van der Waals surface area contributed by atoms with Gasteiger partial charge in [-0.25, -0.2) is 0 Å². The first kappa shape index (κ1) is 33.9. The fourth-order valence-corrected chi connectivity index (χ4v) is 8.18. The predicted molar refractivity (Wildman–Crippen MR) is 238 cm³/mol. The average molecular weight is 735 g/mol. The number of hydrogen-bond donors (Lipinski definition) is 0. The summed E-state index contributed by atoms with van der Waals surface area (Å²) >= 11 is 0. The minimum atomic E-state index is -0.0447. The van der Waals surface area contributed by atoms with Crippen LogP contribution in [-0.2, 0) is 0 Å². The Balaban J connectivity index is 1.24. The summed E-state index contributed by atoms with van der Waals surface area (Å²) in [6, 6.07) is 71.6. The number of nitrogens with zero attached hydrogens (tertiary/aromatic N) is 4. The Labute approximate surface area is 331 Å². The molecule has 10 rings (SSSR count). The number of fused-ring (bicyclic) bond motifs is 4. The third kappa shape index (κ3) is 6.03. The molecule has 0 N–H and O–H groups in total. The lowest BCUT2D eigenvalue weighted by molar-refractivity contribution is 0.996. The fourth-order valence-electron chi connectivity index (χ4n) is 8.18. The van der Waals surface area contributed by atoms with E-state index in [9.17, 15) is 4.79 Å². The average Bonchev–Trinajstić information content (AvgIpc) is 3.60. The van der Waals surface area contributed by atoms with Crippen molar-refractivity contribution in [3.63, 3.8) is 0 Å². The fraction of sp³-hybridized carbons (Fsp3) is 0.0192.